The summed E-state index contributed by atoms with van der Waals surface area (Å²) in [6.07, 6.45) is 1.47. The summed E-state index contributed by atoms with van der Waals surface area (Å²) in [5.41, 5.74) is 4.40. The smallest absolute Gasteiger partial charge is 0.307 e. The zero-order chi connectivity index (χ0) is 24.9. The molecule has 0 aliphatic heterocycles. The predicted molar refractivity (Wildman–Crippen MR) is 147 cm³/mol. The number of hydrogen-bond acceptors (Lipinski definition) is 7. The molecule has 0 aliphatic carbocycles. The van der Waals surface area contributed by atoms with Crippen LogP contribution in [0.2, 0.25) is 0 Å². The third-order valence-electron chi connectivity index (χ3n) is 4.86. The molecule has 0 saturated heterocycles. The quantitative estimate of drug-likeness (QED) is 0.106. The highest BCUT2D eigenvalue weighted by Crippen LogP contribution is 2.34. The van der Waals surface area contributed by atoms with Crippen molar-refractivity contribution in [3.05, 3.63) is 94.8 Å². The number of nitrogens with one attached hydrogen (secondary N) is 1. The van der Waals surface area contributed by atoms with Crippen molar-refractivity contribution in [3.63, 3.8) is 0 Å². The number of nitro benzene ring substituents is 1. The Labute approximate surface area is 226 Å². The van der Waals surface area contributed by atoms with E-state index in [0.29, 0.717) is 34.6 Å². The predicted octanol–water partition coefficient (Wildman–Crippen LogP) is 5.90. The van der Waals surface area contributed by atoms with Crippen molar-refractivity contribution in [1.82, 2.24) is 5.43 Å². The lowest BCUT2D eigenvalue weighted by atomic mass is 10.2. The number of carbonyl (C=O) groups is 1. The van der Waals surface area contributed by atoms with Crippen LogP contribution >= 0.6 is 45.2 Å². The molecule has 1 heterocycles. The van der Waals surface area contributed by atoms with Gasteiger partial charge in [0.25, 0.3) is 5.69 Å². The second kappa shape index (κ2) is 11.0. The van der Waals surface area contributed by atoms with Crippen molar-refractivity contribution in [2.45, 2.75) is 6.61 Å². The number of fused-ring (bicyclic) bond motifs is 1. The number of furan rings is 1. The molecule has 35 heavy (non-hydrogen) atoms. The van der Waals surface area contributed by atoms with Crippen LogP contribution in [0.15, 0.2) is 70.2 Å². The van der Waals surface area contributed by atoms with E-state index in [9.17, 15) is 14.9 Å². The highest BCUT2D eigenvalue weighted by atomic mass is 127. The Morgan fingerprint density at radius 2 is 1.91 bits per heavy atom. The Bertz CT molecular complexity index is 1430. The van der Waals surface area contributed by atoms with Gasteiger partial charge in [0, 0.05) is 21.1 Å². The third-order valence-corrected chi connectivity index (χ3v) is 6.38. The second-order valence-electron chi connectivity index (χ2n) is 7.24. The molecule has 3 aromatic carbocycles. The van der Waals surface area contributed by atoms with Gasteiger partial charge in [-0.1, -0.05) is 12.1 Å². The lowest BCUT2D eigenvalue weighted by Gasteiger charge is -2.13. The molecule has 9 nitrogen and oxygen atoms in total. The Balaban J connectivity index is 1.44. The number of halogens is 2. The molecule has 0 saturated carbocycles. The van der Waals surface area contributed by atoms with Gasteiger partial charge in [0.1, 0.15) is 12.2 Å². The van der Waals surface area contributed by atoms with E-state index < -0.39 is 10.8 Å². The first-order chi connectivity index (χ1) is 16.8. The number of hydrogen-bond donors (Lipinski definition) is 1. The van der Waals surface area contributed by atoms with Gasteiger partial charge in [0.15, 0.2) is 17.3 Å². The van der Waals surface area contributed by atoms with Crippen LogP contribution < -0.4 is 14.9 Å². The van der Waals surface area contributed by atoms with Gasteiger partial charge in [-0.25, -0.2) is 5.43 Å². The second-order valence-corrected chi connectivity index (χ2v) is 9.65. The molecule has 11 heteroatoms. The molecule has 4 rings (SSSR count). The number of methoxy groups -OCH3 is 1. The summed E-state index contributed by atoms with van der Waals surface area (Å²) < 4.78 is 18.9. The lowest BCUT2D eigenvalue weighted by Crippen LogP contribution is -2.16. The monoisotopic (exact) mass is 697 g/mol. The van der Waals surface area contributed by atoms with Gasteiger partial charge < -0.3 is 13.9 Å². The SMILES string of the molecule is COc1cc(/C=N/NC(=O)c2cc3cc([N+](=O)[O-])ccc3o2)cc(I)c1OCc1ccc(I)cc1. The number of amides is 1. The first-order valence-electron chi connectivity index (χ1n) is 10.1. The van der Waals surface area contributed by atoms with E-state index in [4.69, 9.17) is 13.9 Å². The number of carbonyl (C=O) groups excluding carboxylic acids is 1. The number of hydrazone groups is 1. The third kappa shape index (κ3) is 6.08. The Morgan fingerprint density at radius 3 is 2.63 bits per heavy atom. The fourth-order valence-electron chi connectivity index (χ4n) is 3.17. The average Bonchev–Trinajstić information content (AvgIpc) is 3.27. The summed E-state index contributed by atoms with van der Waals surface area (Å²) in [5.74, 6) is 0.557. The molecule has 4 aromatic rings. The topological polar surface area (TPSA) is 116 Å². The van der Waals surface area contributed by atoms with Crippen LogP contribution in [-0.4, -0.2) is 24.2 Å². The molecule has 1 aromatic heterocycles. The van der Waals surface area contributed by atoms with Crippen molar-refractivity contribution in [2.24, 2.45) is 5.10 Å². The van der Waals surface area contributed by atoms with Gasteiger partial charge in [-0.15, -0.1) is 0 Å². The van der Waals surface area contributed by atoms with Crippen LogP contribution in [0.25, 0.3) is 11.0 Å². The molecule has 0 radical (unpaired) electrons. The Kier molecular flexibility index (Phi) is 7.85. The summed E-state index contributed by atoms with van der Waals surface area (Å²) in [6.45, 7) is 0.396. The molecule has 0 fully saturated rings. The van der Waals surface area contributed by atoms with Crippen LogP contribution in [0.3, 0.4) is 0 Å². The van der Waals surface area contributed by atoms with Gasteiger partial charge >= 0.3 is 5.91 Å². The molecule has 1 N–H and O–H groups in total. The average molecular weight is 697 g/mol. The molecule has 0 bridgehead atoms. The molecule has 0 unspecified atom stereocenters. The summed E-state index contributed by atoms with van der Waals surface area (Å²) in [6, 6.07) is 17.2. The van der Waals surface area contributed by atoms with Gasteiger partial charge in [0.2, 0.25) is 0 Å². The highest BCUT2D eigenvalue weighted by molar-refractivity contribution is 14.1. The van der Waals surface area contributed by atoms with E-state index in [2.05, 4.69) is 55.7 Å². The molecular formula is C24H17I2N3O6. The van der Waals surface area contributed by atoms with Crippen molar-refractivity contribution in [3.8, 4) is 11.5 Å². The summed E-state index contributed by atoms with van der Waals surface area (Å²) in [4.78, 5) is 22.8. The first kappa shape index (κ1) is 24.9. The van der Waals surface area contributed by atoms with E-state index in [1.807, 2.05) is 30.3 Å². The zero-order valence-corrected chi connectivity index (χ0v) is 22.5. The maximum absolute atomic E-state index is 12.4. The largest absolute Gasteiger partial charge is 0.493 e. The number of ether oxygens (including phenoxy) is 2. The van der Waals surface area contributed by atoms with Crippen molar-refractivity contribution < 1.29 is 23.6 Å². The zero-order valence-electron chi connectivity index (χ0n) is 18.2. The van der Waals surface area contributed by atoms with E-state index in [1.165, 1.54) is 30.5 Å². The molecule has 0 aliphatic rings. The Hall–Kier alpha value is -3.20. The summed E-state index contributed by atoms with van der Waals surface area (Å²) in [5, 5.41) is 15.4. The fourth-order valence-corrected chi connectivity index (χ4v) is 4.31. The van der Waals surface area contributed by atoms with E-state index in [-0.39, 0.29) is 11.4 Å². The van der Waals surface area contributed by atoms with Crippen LogP contribution in [0.1, 0.15) is 21.7 Å². The minimum atomic E-state index is -0.584. The van der Waals surface area contributed by atoms with Gasteiger partial charge in [0.05, 0.1) is 21.8 Å². The summed E-state index contributed by atoms with van der Waals surface area (Å²) >= 11 is 4.41. The standard InChI is InChI=1S/C24H17I2N3O6/c1-33-21-9-15(8-19(26)23(21)34-13-14-2-4-17(25)5-3-14)12-27-28-24(30)22-11-16-10-18(29(31)32)6-7-20(16)35-22/h2-12H,13H2,1H3,(H,28,30)/b27-12+. The number of rotatable bonds is 8. The Morgan fingerprint density at radius 1 is 1.14 bits per heavy atom. The number of non-ortho nitro benzene ring substituents is 1. The van der Waals surface area contributed by atoms with E-state index in [1.54, 1.807) is 13.2 Å². The van der Waals surface area contributed by atoms with E-state index >= 15 is 0 Å². The molecule has 1 amide bonds. The van der Waals surface area contributed by atoms with Gasteiger partial charge in [-0.05, 0) is 92.7 Å². The first-order valence-corrected chi connectivity index (χ1v) is 12.3. The molecule has 0 atom stereocenters. The number of nitro groups is 1. The minimum absolute atomic E-state index is 0.0100. The lowest BCUT2D eigenvalue weighted by molar-refractivity contribution is -0.384. The van der Waals surface area contributed by atoms with Gasteiger partial charge in [-0.2, -0.15) is 5.10 Å². The van der Waals surface area contributed by atoms with Crippen LogP contribution in [0.5, 0.6) is 11.5 Å². The van der Waals surface area contributed by atoms with Crippen LogP contribution in [0.4, 0.5) is 5.69 Å². The minimum Gasteiger partial charge on any atom is -0.493 e. The highest BCUT2D eigenvalue weighted by Gasteiger charge is 2.15. The normalized spacial score (nSPS) is 11.1. The number of nitrogens with zero attached hydrogens (tertiary/aromatic N) is 2. The van der Waals surface area contributed by atoms with Crippen molar-refractivity contribution in [1.29, 1.82) is 0 Å². The van der Waals surface area contributed by atoms with Crippen molar-refractivity contribution >= 4 is 74.0 Å². The maximum Gasteiger partial charge on any atom is 0.307 e. The summed E-state index contributed by atoms with van der Waals surface area (Å²) in [7, 11) is 1.55. The molecule has 178 valence electrons. The maximum atomic E-state index is 12.4. The molecule has 0 spiro atoms. The van der Waals surface area contributed by atoms with Crippen LogP contribution in [-0.2, 0) is 6.61 Å². The van der Waals surface area contributed by atoms with Gasteiger partial charge in [-0.3, -0.25) is 14.9 Å². The van der Waals surface area contributed by atoms with E-state index in [0.717, 1.165) is 12.7 Å². The number of benzene rings is 3. The fraction of sp³-hybridized carbons (Fsp3) is 0.0833. The molecular weight excluding hydrogens is 680 g/mol. The van der Waals surface area contributed by atoms with Crippen LogP contribution in [0, 0.1) is 17.3 Å². The van der Waals surface area contributed by atoms with Crippen molar-refractivity contribution in [2.75, 3.05) is 7.11 Å².